The summed E-state index contributed by atoms with van der Waals surface area (Å²) in [5.41, 5.74) is 2.46. The lowest BCUT2D eigenvalue weighted by atomic mass is 9.93. The Morgan fingerprint density at radius 1 is 1.18 bits per heavy atom. The van der Waals surface area contributed by atoms with Crippen molar-refractivity contribution in [2.45, 2.75) is 39.0 Å². The molecule has 0 aliphatic carbocycles. The topological polar surface area (TPSA) is 76.3 Å². The molecule has 146 valence electrons. The summed E-state index contributed by atoms with van der Waals surface area (Å²) >= 11 is 0. The van der Waals surface area contributed by atoms with E-state index < -0.39 is 6.43 Å². The fourth-order valence-corrected chi connectivity index (χ4v) is 3.80. The van der Waals surface area contributed by atoms with Gasteiger partial charge >= 0.3 is 0 Å². The summed E-state index contributed by atoms with van der Waals surface area (Å²) < 4.78 is 28.0. The molecule has 0 saturated carbocycles. The number of nitrogens with zero attached hydrogens (tertiary/aromatic N) is 6. The average molecular weight is 386 g/mol. The Labute approximate surface area is 160 Å². The highest BCUT2D eigenvalue weighted by Gasteiger charge is 2.29. The summed E-state index contributed by atoms with van der Waals surface area (Å²) in [5.74, 6) is -0.0423. The molecule has 3 aromatic heterocycles. The van der Waals surface area contributed by atoms with Crippen LogP contribution in [0.25, 0.3) is 5.78 Å². The zero-order valence-corrected chi connectivity index (χ0v) is 15.6. The second-order valence-corrected chi connectivity index (χ2v) is 7.11. The molecule has 0 spiro atoms. The molecule has 1 amide bonds. The smallest absolute Gasteiger partial charge is 0.280 e. The Balaban J connectivity index is 1.65. The number of hydrogen-bond donors (Lipinski definition) is 0. The minimum atomic E-state index is -2.69. The first-order valence-electron chi connectivity index (χ1n) is 9.15. The highest BCUT2D eigenvalue weighted by Crippen LogP contribution is 2.30. The van der Waals surface area contributed by atoms with Gasteiger partial charge in [0.1, 0.15) is 12.0 Å². The molecule has 0 N–H and O–H groups in total. The number of aromatic nitrogens is 5. The number of hydrogen-bond acceptors (Lipinski definition) is 5. The number of alkyl halides is 2. The highest BCUT2D eigenvalue weighted by molar-refractivity contribution is 5.94. The van der Waals surface area contributed by atoms with Crippen LogP contribution in [-0.4, -0.2) is 48.5 Å². The van der Waals surface area contributed by atoms with E-state index in [2.05, 4.69) is 20.1 Å². The number of aryl methyl sites for hydroxylation is 2. The van der Waals surface area contributed by atoms with Crippen LogP contribution < -0.4 is 0 Å². The standard InChI is InChI=1S/C19H20F2N6O/c1-11-6-14(7-12(2)24-11)18(28)26-5-3-4-13(9-26)16-8-15(17(20)21)25-19-22-10-23-27(16)19/h6-8,10,13,17H,3-5,9H2,1-2H3. The van der Waals surface area contributed by atoms with E-state index in [1.54, 1.807) is 17.0 Å². The molecule has 0 aromatic carbocycles. The maximum atomic E-state index is 13.3. The highest BCUT2D eigenvalue weighted by atomic mass is 19.3. The monoisotopic (exact) mass is 386 g/mol. The third-order valence-electron chi connectivity index (χ3n) is 4.98. The molecule has 9 heteroatoms. The third kappa shape index (κ3) is 3.44. The number of fused-ring (bicyclic) bond motifs is 1. The number of halogens is 2. The van der Waals surface area contributed by atoms with Gasteiger partial charge in [0.2, 0.25) is 0 Å². The third-order valence-corrected chi connectivity index (χ3v) is 4.98. The molecule has 0 radical (unpaired) electrons. The normalized spacial score (nSPS) is 17.5. The Kier molecular flexibility index (Phi) is 4.74. The summed E-state index contributed by atoms with van der Waals surface area (Å²) in [6.07, 6.45) is 0.168. The lowest BCUT2D eigenvalue weighted by Gasteiger charge is -2.33. The van der Waals surface area contributed by atoms with Gasteiger partial charge in [-0.2, -0.15) is 10.1 Å². The van der Waals surface area contributed by atoms with Crippen molar-refractivity contribution in [2.24, 2.45) is 0 Å². The first-order chi connectivity index (χ1) is 13.4. The molecular weight excluding hydrogens is 366 g/mol. The van der Waals surface area contributed by atoms with Gasteiger partial charge < -0.3 is 4.90 Å². The second-order valence-electron chi connectivity index (χ2n) is 7.11. The summed E-state index contributed by atoms with van der Waals surface area (Å²) in [6.45, 7) is 4.77. The van der Waals surface area contributed by atoms with Gasteiger partial charge in [0.25, 0.3) is 18.1 Å². The molecule has 1 unspecified atom stereocenters. The molecule has 1 fully saturated rings. The van der Waals surface area contributed by atoms with Crippen molar-refractivity contribution in [3.8, 4) is 0 Å². The Hall–Kier alpha value is -2.97. The molecular formula is C19H20F2N6O. The van der Waals surface area contributed by atoms with Crippen LogP contribution in [0.5, 0.6) is 0 Å². The Morgan fingerprint density at radius 3 is 2.64 bits per heavy atom. The van der Waals surface area contributed by atoms with E-state index in [0.717, 1.165) is 24.2 Å². The summed E-state index contributed by atoms with van der Waals surface area (Å²) in [7, 11) is 0. The van der Waals surface area contributed by atoms with Crippen molar-refractivity contribution in [2.75, 3.05) is 13.1 Å². The first kappa shape index (κ1) is 18.4. The molecule has 7 nitrogen and oxygen atoms in total. The fourth-order valence-electron chi connectivity index (χ4n) is 3.80. The zero-order valence-electron chi connectivity index (χ0n) is 15.6. The number of piperidine rings is 1. The van der Waals surface area contributed by atoms with E-state index in [-0.39, 0.29) is 23.3 Å². The molecule has 1 atom stereocenters. The lowest BCUT2D eigenvalue weighted by Crippen LogP contribution is -2.39. The van der Waals surface area contributed by atoms with E-state index in [1.807, 2.05) is 13.8 Å². The van der Waals surface area contributed by atoms with Gasteiger partial charge in [-0.1, -0.05) is 0 Å². The molecule has 3 aromatic rings. The summed E-state index contributed by atoms with van der Waals surface area (Å²) in [6, 6.07) is 4.93. The van der Waals surface area contributed by atoms with Crippen LogP contribution in [0, 0.1) is 13.8 Å². The van der Waals surface area contributed by atoms with Crippen LogP contribution in [0.15, 0.2) is 24.5 Å². The van der Waals surface area contributed by atoms with Crippen LogP contribution in [0.2, 0.25) is 0 Å². The first-order valence-corrected chi connectivity index (χ1v) is 9.15. The number of likely N-dealkylation sites (tertiary alicyclic amines) is 1. The van der Waals surface area contributed by atoms with Gasteiger partial charge in [-0.15, -0.1) is 0 Å². The number of pyridine rings is 1. The van der Waals surface area contributed by atoms with Crippen molar-refractivity contribution in [3.63, 3.8) is 0 Å². The van der Waals surface area contributed by atoms with E-state index >= 15 is 0 Å². The summed E-state index contributed by atoms with van der Waals surface area (Å²) in [5, 5.41) is 4.13. The second kappa shape index (κ2) is 7.21. The van der Waals surface area contributed by atoms with Gasteiger partial charge in [0, 0.05) is 36.0 Å². The van der Waals surface area contributed by atoms with Gasteiger partial charge in [-0.3, -0.25) is 9.78 Å². The average Bonchev–Trinajstić information content (AvgIpc) is 3.14. The van der Waals surface area contributed by atoms with Gasteiger partial charge in [-0.05, 0) is 44.9 Å². The quantitative estimate of drug-likeness (QED) is 0.691. The molecule has 1 aliphatic heterocycles. The van der Waals surface area contributed by atoms with Crippen LogP contribution in [0.1, 0.15) is 58.3 Å². The van der Waals surface area contributed by atoms with E-state index in [1.165, 1.54) is 16.9 Å². The van der Waals surface area contributed by atoms with Crippen LogP contribution in [0.4, 0.5) is 8.78 Å². The van der Waals surface area contributed by atoms with Crippen molar-refractivity contribution in [3.05, 3.63) is 52.9 Å². The minimum absolute atomic E-state index is 0.0729. The molecule has 1 saturated heterocycles. The predicted octanol–water partition coefficient (Wildman–Crippen LogP) is 3.09. The molecule has 28 heavy (non-hydrogen) atoms. The number of amides is 1. The Morgan fingerprint density at radius 2 is 1.93 bits per heavy atom. The fraction of sp³-hybridized carbons (Fsp3) is 0.421. The van der Waals surface area contributed by atoms with Gasteiger partial charge in [0.15, 0.2) is 0 Å². The van der Waals surface area contributed by atoms with Crippen molar-refractivity contribution < 1.29 is 13.6 Å². The summed E-state index contributed by atoms with van der Waals surface area (Å²) in [4.78, 5) is 26.9. The predicted molar refractivity (Wildman–Crippen MR) is 97.3 cm³/mol. The molecule has 0 bridgehead atoms. The lowest BCUT2D eigenvalue weighted by molar-refractivity contribution is 0.0704. The van der Waals surface area contributed by atoms with E-state index in [0.29, 0.717) is 24.3 Å². The SMILES string of the molecule is Cc1cc(C(=O)N2CCCC(c3cc(C(F)F)nc4ncnn34)C2)cc(C)n1. The number of rotatable bonds is 3. The largest absolute Gasteiger partial charge is 0.338 e. The number of carbonyl (C=O) groups is 1. The van der Waals surface area contributed by atoms with Crippen molar-refractivity contribution >= 4 is 11.7 Å². The number of carbonyl (C=O) groups excluding carboxylic acids is 1. The minimum Gasteiger partial charge on any atom is -0.338 e. The molecule has 4 heterocycles. The maximum absolute atomic E-state index is 13.3. The van der Waals surface area contributed by atoms with Crippen molar-refractivity contribution in [1.82, 2.24) is 29.5 Å². The van der Waals surface area contributed by atoms with E-state index in [9.17, 15) is 13.6 Å². The van der Waals surface area contributed by atoms with Crippen LogP contribution in [-0.2, 0) is 0 Å². The molecule has 4 rings (SSSR count). The van der Waals surface area contributed by atoms with Crippen molar-refractivity contribution in [1.29, 1.82) is 0 Å². The zero-order chi connectivity index (χ0) is 19.8. The van der Waals surface area contributed by atoms with Crippen LogP contribution >= 0.6 is 0 Å². The van der Waals surface area contributed by atoms with Gasteiger partial charge in [-0.25, -0.2) is 18.3 Å². The molecule has 1 aliphatic rings. The van der Waals surface area contributed by atoms with E-state index in [4.69, 9.17) is 0 Å². The van der Waals surface area contributed by atoms with Gasteiger partial charge in [0.05, 0.1) is 5.69 Å². The Bertz CT molecular complexity index is 1010. The maximum Gasteiger partial charge on any atom is 0.280 e. The van der Waals surface area contributed by atoms with Crippen LogP contribution in [0.3, 0.4) is 0 Å².